The second-order valence-electron chi connectivity index (χ2n) is 13.3. The van der Waals surface area contributed by atoms with Crippen molar-refractivity contribution < 1.29 is 41.4 Å². The van der Waals surface area contributed by atoms with Gasteiger partial charge in [0.05, 0.1) is 11.5 Å². The molecule has 52 heavy (non-hydrogen) atoms. The number of ether oxygens (including phenoxy) is 2. The van der Waals surface area contributed by atoms with Crippen molar-refractivity contribution in [2.75, 3.05) is 25.1 Å². The number of primary amides is 1. The van der Waals surface area contributed by atoms with Crippen LogP contribution in [0.5, 0.6) is 0 Å². The lowest BCUT2D eigenvalue weighted by molar-refractivity contribution is -0.118. The maximum atomic E-state index is 15.6. The molecule has 278 valence electrons. The Labute approximate surface area is 300 Å². The van der Waals surface area contributed by atoms with Crippen molar-refractivity contribution >= 4 is 27.7 Å². The maximum Gasteiger partial charge on any atom is 0.404 e. The highest BCUT2D eigenvalue weighted by molar-refractivity contribution is 7.89. The number of nitrogens with two attached hydrogens (primary N) is 1. The predicted molar refractivity (Wildman–Crippen MR) is 187 cm³/mol. The number of hydrogen-bond acceptors (Lipinski definition) is 8. The van der Waals surface area contributed by atoms with E-state index in [1.165, 1.54) is 42.5 Å². The number of carbonyl (C=O) groups excluding carboxylic acids is 2. The molecule has 1 aliphatic heterocycles. The van der Waals surface area contributed by atoms with Crippen molar-refractivity contribution in [1.82, 2.24) is 4.72 Å². The molecular weight excluding hydrogens is 698 g/mol. The van der Waals surface area contributed by atoms with Crippen LogP contribution in [0.3, 0.4) is 0 Å². The van der Waals surface area contributed by atoms with E-state index in [1.54, 1.807) is 30.3 Å². The number of benzene rings is 3. The van der Waals surface area contributed by atoms with Crippen LogP contribution in [0.15, 0.2) is 82.8 Å². The third-order valence-electron chi connectivity index (χ3n) is 9.96. The second-order valence-corrected chi connectivity index (χ2v) is 15.0. The fourth-order valence-electron chi connectivity index (χ4n) is 6.95. The van der Waals surface area contributed by atoms with Gasteiger partial charge in [-0.15, -0.1) is 0 Å². The van der Waals surface area contributed by atoms with Gasteiger partial charge in [-0.05, 0) is 91.9 Å². The van der Waals surface area contributed by atoms with Crippen LogP contribution in [-0.4, -0.2) is 63.5 Å². The summed E-state index contributed by atoms with van der Waals surface area (Å²) in [4.78, 5) is 28.8. The number of aliphatic hydroxyl groups is 1. The standard InChI is InChI=1S/C36H42F2N6O7S/c37-25-11-9-23(10-12-25)32(24-15-19-50-20-16-24)33(42-44-40)34(46)41-30-8-4-7-29(38)28(30)14-13-26(43-52(48,49)27-5-2-1-3-6-27)21-31(51-35(39)47)36(22-45)17-18-36/h1-12,24,26,31-33,43,45H,13-22H2,(H2,39,47)(H,41,46)/t26-,31?,32-,33-/m0/s1. The molecule has 1 aliphatic carbocycles. The lowest BCUT2D eigenvalue weighted by atomic mass is 9.76. The number of rotatable bonds is 17. The molecule has 0 radical (unpaired) electrons. The van der Waals surface area contributed by atoms with E-state index in [4.69, 9.17) is 15.2 Å². The summed E-state index contributed by atoms with van der Waals surface area (Å²) in [6.45, 7) is 0.549. The first-order valence-electron chi connectivity index (χ1n) is 17.1. The number of hydrogen-bond donors (Lipinski definition) is 4. The molecule has 16 heteroatoms. The van der Waals surface area contributed by atoms with Crippen molar-refractivity contribution in [3.63, 3.8) is 0 Å². The third-order valence-corrected chi connectivity index (χ3v) is 11.5. The Balaban J connectivity index is 1.42. The van der Waals surface area contributed by atoms with Gasteiger partial charge >= 0.3 is 6.09 Å². The predicted octanol–water partition coefficient (Wildman–Crippen LogP) is 5.70. The van der Waals surface area contributed by atoms with Crippen LogP contribution in [0.1, 0.15) is 55.6 Å². The number of anilines is 1. The van der Waals surface area contributed by atoms with Crippen molar-refractivity contribution in [3.05, 3.63) is 106 Å². The van der Waals surface area contributed by atoms with Crippen LogP contribution in [0, 0.1) is 23.0 Å². The fraction of sp³-hybridized carbons (Fsp3) is 0.444. The van der Waals surface area contributed by atoms with E-state index in [-0.39, 0.29) is 47.9 Å². The molecule has 13 nitrogen and oxygen atoms in total. The van der Waals surface area contributed by atoms with Crippen LogP contribution >= 0.6 is 0 Å². The minimum absolute atomic E-state index is 0.0150. The Bertz CT molecular complexity index is 1850. The Morgan fingerprint density at radius 3 is 2.37 bits per heavy atom. The number of sulfonamides is 1. The van der Waals surface area contributed by atoms with Crippen molar-refractivity contribution in [2.24, 2.45) is 22.2 Å². The summed E-state index contributed by atoms with van der Waals surface area (Å²) in [6.07, 6.45) is -0.00523. The monoisotopic (exact) mass is 740 g/mol. The summed E-state index contributed by atoms with van der Waals surface area (Å²) in [7, 11) is -4.10. The number of nitrogens with one attached hydrogen (secondary N) is 2. The third kappa shape index (κ3) is 9.63. The average molecular weight is 741 g/mol. The zero-order valence-electron chi connectivity index (χ0n) is 28.4. The summed E-state index contributed by atoms with van der Waals surface area (Å²) >= 11 is 0. The second kappa shape index (κ2) is 17.3. The zero-order chi connectivity index (χ0) is 37.3. The molecule has 1 heterocycles. The summed E-state index contributed by atoms with van der Waals surface area (Å²) in [5, 5.41) is 16.7. The number of amides is 2. The van der Waals surface area contributed by atoms with Crippen LogP contribution in [-0.2, 0) is 30.7 Å². The summed E-state index contributed by atoms with van der Waals surface area (Å²) < 4.78 is 69.9. The van der Waals surface area contributed by atoms with Gasteiger partial charge in [-0.25, -0.2) is 26.7 Å². The quantitative estimate of drug-likeness (QED) is 0.0771. The molecule has 0 spiro atoms. The highest BCUT2D eigenvalue weighted by Gasteiger charge is 2.51. The van der Waals surface area contributed by atoms with Crippen LogP contribution in [0.25, 0.3) is 10.4 Å². The van der Waals surface area contributed by atoms with Gasteiger partial charge < -0.3 is 25.6 Å². The van der Waals surface area contributed by atoms with Crippen molar-refractivity contribution in [1.29, 1.82) is 0 Å². The van der Waals surface area contributed by atoms with Crippen molar-refractivity contribution in [2.45, 2.75) is 73.9 Å². The van der Waals surface area contributed by atoms with Crippen LogP contribution in [0.4, 0.5) is 19.3 Å². The van der Waals surface area contributed by atoms with Gasteiger partial charge in [0, 0.05) is 53.2 Å². The van der Waals surface area contributed by atoms with Gasteiger partial charge in [-0.2, -0.15) is 0 Å². The number of halogens is 2. The molecule has 2 aliphatic rings. The first kappa shape index (κ1) is 38.6. The maximum absolute atomic E-state index is 15.6. The largest absolute Gasteiger partial charge is 0.446 e. The zero-order valence-corrected chi connectivity index (χ0v) is 29.2. The number of aliphatic hydroxyl groups excluding tert-OH is 1. The number of azide groups is 1. The summed E-state index contributed by atoms with van der Waals surface area (Å²) in [5.74, 6) is -2.64. The molecule has 2 amide bonds. The number of nitrogens with zero attached hydrogens (tertiary/aromatic N) is 3. The normalized spacial score (nSPS) is 17.9. The SMILES string of the molecule is [N-]=[N+]=N[C@H](C(=O)Nc1cccc(F)c1CC[C@@H](CC(OC(N)=O)C1(CO)CC1)NS(=O)(=O)c1ccccc1)[C@@H](c1ccc(F)cc1)C1CCOCC1. The van der Waals surface area contributed by atoms with Gasteiger partial charge in [-0.3, -0.25) is 4.79 Å². The molecule has 1 saturated carbocycles. The fourth-order valence-corrected chi connectivity index (χ4v) is 8.25. The Morgan fingerprint density at radius 1 is 1.06 bits per heavy atom. The molecule has 3 aromatic rings. The van der Waals surface area contributed by atoms with E-state index in [0.717, 1.165) is 0 Å². The first-order chi connectivity index (χ1) is 25.0. The Morgan fingerprint density at radius 2 is 1.75 bits per heavy atom. The highest BCUT2D eigenvalue weighted by Crippen LogP contribution is 2.51. The highest BCUT2D eigenvalue weighted by atomic mass is 32.2. The minimum Gasteiger partial charge on any atom is -0.446 e. The van der Waals surface area contributed by atoms with Gasteiger partial charge in [0.2, 0.25) is 15.9 Å². The van der Waals surface area contributed by atoms with Crippen LogP contribution < -0.4 is 15.8 Å². The van der Waals surface area contributed by atoms with Gasteiger partial charge in [0.25, 0.3) is 0 Å². The lowest BCUT2D eigenvalue weighted by Gasteiger charge is -2.34. The van der Waals surface area contributed by atoms with E-state index >= 15 is 4.39 Å². The Hall–Kier alpha value is -4.60. The molecule has 1 unspecified atom stereocenters. The number of carbonyl (C=O) groups is 2. The molecule has 4 atom stereocenters. The minimum atomic E-state index is -4.10. The molecule has 2 fully saturated rings. The molecule has 5 rings (SSSR count). The molecular formula is C36H42F2N6O7S. The summed E-state index contributed by atoms with van der Waals surface area (Å²) in [6, 6.07) is 15.1. The van der Waals surface area contributed by atoms with E-state index in [1.807, 2.05) is 0 Å². The molecule has 5 N–H and O–H groups in total. The topological polar surface area (TPSA) is 206 Å². The lowest BCUT2D eigenvalue weighted by Crippen LogP contribution is -2.42. The van der Waals surface area contributed by atoms with Crippen LogP contribution in [0.2, 0.25) is 0 Å². The van der Waals surface area contributed by atoms with Crippen molar-refractivity contribution in [3.8, 4) is 0 Å². The van der Waals surface area contributed by atoms with Gasteiger partial charge in [0.1, 0.15) is 23.8 Å². The molecule has 0 aromatic heterocycles. The molecule has 1 saturated heterocycles. The average Bonchev–Trinajstić information content (AvgIpc) is 3.93. The van der Waals surface area contributed by atoms with E-state index in [2.05, 4.69) is 20.1 Å². The van der Waals surface area contributed by atoms with E-state index in [0.29, 0.717) is 44.5 Å². The first-order valence-corrected chi connectivity index (χ1v) is 18.5. The van der Waals surface area contributed by atoms with Gasteiger partial charge in [0.15, 0.2) is 0 Å². The molecule has 3 aromatic carbocycles. The summed E-state index contributed by atoms with van der Waals surface area (Å²) in [5.41, 5.74) is 14.8. The van der Waals surface area contributed by atoms with E-state index in [9.17, 15) is 33.0 Å². The van der Waals surface area contributed by atoms with Gasteiger partial charge in [-0.1, -0.05) is 41.5 Å². The van der Waals surface area contributed by atoms with E-state index < -0.39 is 63.2 Å². The Kier molecular flexibility index (Phi) is 12.8. The molecule has 0 bridgehead atoms. The smallest absolute Gasteiger partial charge is 0.404 e.